The molecule has 1 aliphatic heterocycles. The molecule has 0 bridgehead atoms. The van der Waals surface area contributed by atoms with Gasteiger partial charge in [0.25, 0.3) is 0 Å². The van der Waals surface area contributed by atoms with Crippen molar-refractivity contribution in [1.82, 2.24) is 10.2 Å². The molecule has 1 atom stereocenters. The van der Waals surface area contributed by atoms with Gasteiger partial charge in [-0.05, 0) is 25.2 Å². The van der Waals surface area contributed by atoms with Crippen molar-refractivity contribution >= 4 is 5.91 Å². The SMILES string of the molecule is COCC(O)CN1CCC(NC(=O)CCC2CCCC2)CC1. The molecule has 1 saturated heterocycles. The number of ether oxygens (including phenoxy) is 1. The van der Waals surface area contributed by atoms with Gasteiger partial charge in [-0.2, -0.15) is 0 Å². The lowest BCUT2D eigenvalue weighted by Gasteiger charge is -2.33. The number of nitrogens with zero attached hydrogens (tertiary/aromatic N) is 1. The number of hydrogen-bond acceptors (Lipinski definition) is 4. The summed E-state index contributed by atoms with van der Waals surface area (Å²) >= 11 is 0. The fourth-order valence-electron chi connectivity index (χ4n) is 3.74. The van der Waals surface area contributed by atoms with E-state index < -0.39 is 6.10 Å². The second kappa shape index (κ2) is 9.48. The van der Waals surface area contributed by atoms with E-state index in [1.165, 1.54) is 25.7 Å². The molecule has 0 spiro atoms. The predicted octanol–water partition coefficient (Wildman–Crippen LogP) is 1.54. The van der Waals surface area contributed by atoms with Crippen LogP contribution in [0.15, 0.2) is 0 Å². The molecular formula is C17H32N2O3. The van der Waals surface area contributed by atoms with Crippen molar-refractivity contribution in [2.75, 3.05) is 33.4 Å². The van der Waals surface area contributed by atoms with Crippen LogP contribution in [-0.2, 0) is 9.53 Å². The average molecular weight is 312 g/mol. The van der Waals surface area contributed by atoms with Crippen LogP contribution in [0, 0.1) is 5.92 Å². The van der Waals surface area contributed by atoms with E-state index in [1.807, 2.05) is 0 Å². The van der Waals surface area contributed by atoms with E-state index in [4.69, 9.17) is 4.74 Å². The molecule has 1 saturated carbocycles. The van der Waals surface area contributed by atoms with Crippen LogP contribution in [0.3, 0.4) is 0 Å². The third-order valence-electron chi connectivity index (χ3n) is 5.04. The van der Waals surface area contributed by atoms with Gasteiger partial charge in [0.05, 0.1) is 12.7 Å². The largest absolute Gasteiger partial charge is 0.389 e. The Morgan fingerprint density at radius 1 is 1.27 bits per heavy atom. The van der Waals surface area contributed by atoms with Crippen molar-refractivity contribution in [1.29, 1.82) is 0 Å². The van der Waals surface area contributed by atoms with Gasteiger partial charge < -0.3 is 20.1 Å². The Balaban J connectivity index is 1.57. The fourth-order valence-corrected chi connectivity index (χ4v) is 3.74. The first-order valence-corrected chi connectivity index (χ1v) is 8.86. The molecule has 0 aromatic carbocycles. The summed E-state index contributed by atoms with van der Waals surface area (Å²) in [4.78, 5) is 14.3. The van der Waals surface area contributed by atoms with Gasteiger partial charge in [0, 0.05) is 39.2 Å². The van der Waals surface area contributed by atoms with E-state index in [0.717, 1.165) is 38.3 Å². The van der Waals surface area contributed by atoms with Gasteiger partial charge in [0.1, 0.15) is 0 Å². The minimum absolute atomic E-state index is 0.227. The number of carbonyl (C=O) groups excluding carboxylic acids is 1. The minimum Gasteiger partial charge on any atom is -0.389 e. The first-order valence-electron chi connectivity index (χ1n) is 8.86. The summed E-state index contributed by atoms with van der Waals surface area (Å²) in [5, 5.41) is 12.9. The van der Waals surface area contributed by atoms with Crippen molar-refractivity contribution in [3.63, 3.8) is 0 Å². The zero-order valence-corrected chi connectivity index (χ0v) is 13.9. The van der Waals surface area contributed by atoms with E-state index in [2.05, 4.69) is 10.2 Å². The summed E-state index contributed by atoms with van der Waals surface area (Å²) < 4.78 is 4.95. The molecule has 1 unspecified atom stereocenters. The van der Waals surface area contributed by atoms with Crippen molar-refractivity contribution in [2.24, 2.45) is 5.92 Å². The lowest BCUT2D eigenvalue weighted by molar-refractivity contribution is -0.122. The average Bonchev–Trinajstić information content (AvgIpc) is 3.01. The number of piperidine rings is 1. The molecule has 22 heavy (non-hydrogen) atoms. The first-order chi connectivity index (χ1) is 10.7. The summed E-state index contributed by atoms with van der Waals surface area (Å²) in [6.45, 7) is 2.93. The smallest absolute Gasteiger partial charge is 0.220 e. The second-order valence-corrected chi connectivity index (χ2v) is 6.94. The lowest BCUT2D eigenvalue weighted by atomic mass is 10.0. The van der Waals surface area contributed by atoms with Crippen LogP contribution in [0.25, 0.3) is 0 Å². The standard InChI is InChI=1S/C17H32N2O3/c1-22-13-16(20)12-19-10-8-15(9-11-19)18-17(21)7-6-14-4-2-3-5-14/h14-16,20H,2-13H2,1H3,(H,18,21). The number of aliphatic hydroxyl groups is 1. The molecule has 0 aromatic heterocycles. The Bertz CT molecular complexity index is 324. The van der Waals surface area contributed by atoms with Crippen LogP contribution >= 0.6 is 0 Å². The highest BCUT2D eigenvalue weighted by atomic mass is 16.5. The van der Waals surface area contributed by atoms with Crippen molar-refractivity contribution in [2.45, 2.75) is 63.5 Å². The van der Waals surface area contributed by atoms with Crippen molar-refractivity contribution in [3.8, 4) is 0 Å². The number of nitrogens with one attached hydrogen (secondary N) is 1. The number of rotatable bonds is 8. The molecule has 1 heterocycles. The molecule has 0 radical (unpaired) electrons. The zero-order chi connectivity index (χ0) is 15.8. The Kier molecular flexibility index (Phi) is 7.63. The van der Waals surface area contributed by atoms with E-state index in [0.29, 0.717) is 25.6 Å². The maximum Gasteiger partial charge on any atom is 0.220 e. The van der Waals surface area contributed by atoms with E-state index in [1.54, 1.807) is 7.11 Å². The van der Waals surface area contributed by atoms with Gasteiger partial charge in [-0.25, -0.2) is 0 Å². The number of amides is 1. The topological polar surface area (TPSA) is 61.8 Å². The normalized spacial score (nSPS) is 22.8. The zero-order valence-electron chi connectivity index (χ0n) is 13.9. The molecule has 5 heteroatoms. The van der Waals surface area contributed by atoms with Gasteiger partial charge in [-0.3, -0.25) is 4.79 Å². The summed E-state index contributed by atoms with van der Waals surface area (Å²) in [6, 6.07) is 0.312. The van der Waals surface area contributed by atoms with E-state index in [-0.39, 0.29) is 5.91 Å². The monoisotopic (exact) mass is 312 g/mol. The number of methoxy groups -OCH3 is 1. The van der Waals surface area contributed by atoms with Crippen molar-refractivity contribution in [3.05, 3.63) is 0 Å². The van der Waals surface area contributed by atoms with Crippen LogP contribution in [0.5, 0.6) is 0 Å². The maximum atomic E-state index is 12.0. The number of carbonyl (C=O) groups is 1. The van der Waals surface area contributed by atoms with Crippen LogP contribution in [0.4, 0.5) is 0 Å². The number of hydrogen-bond donors (Lipinski definition) is 2. The highest BCUT2D eigenvalue weighted by Gasteiger charge is 2.23. The van der Waals surface area contributed by atoms with Gasteiger partial charge in [-0.15, -0.1) is 0 Å². The van der Waals surface area contributed by atoms with Crippen molar-refractivity contribution < 1.29 is 14.6 Å². The Morgan fingerprint density at radius 3 is 2.59 bits per heavy atom. The molecule has 2 aliphatic rings. The van der Waals surface area contributed by atoms with E-state index >= 15 is 0 Å². The van der Waals surface area contributed by atoms with Gasteiger partial charge >= 0.3 is 0 Å². The number of aliphatic hydroxyl groups excluding tert-OH is 1. The molecular weight excluding hydrogens is 280 g/mol. The van der Waals surface area contributed by atoms with Crippen LogP contribution < -0.4 is 5.32 Å². The molecule has 2 N–H and O–H groups in total. The summed E-state index contributed by atoms with van der Waals surface area (Å²) in [6.07, 6.45) is 8.63. The summed E-state index contributed by atoms with van der Waals surface area (Å²) in [5.41, 5.74) is 0. The summed E-state index contributed by atoms with van der Waals surface area (Å²) in [7, 11) is 1.61. The minimum atomic E-state index is -0.414. The molecule has 128 valence electrons. The molecule has 0 aromatic rings. The molecule has 2 rings (SSSR count). The third kappa shape index (κ3) is 6.23. The van der Waals surface area contributed by atoms with Gasteiger partial charge in [0.2, 0.25) is 5.91 Å². The molecule has 1 aliphatic carbocycles. The highest BCUT2D eigenvalue weighted by molar-refractivity contribution is 5.76. The number of likely N-dealkylation sites (tertiary alicyclic amines) is 1. The van der Waals surface area contributed by atoms with Gasteiger partial charge in [-0.1, -0.05) is 25.7 Å². The van der Waals surface area contributed by atoms with Gasteiger partial charge in [0.15, 0.2) is 0 Å². The first kappa shape index (κ1) is 17.7. The summed E-state index contributed by atoms with van der Waals surface area (Å²) in [5.74, 6) is 1.01. The lowest BCUT2D eigenvalue weighted by Crippen LogP contribution is -2.47. The third-order valence-corrected chi connectivity index (χ3v) is 5.04. The molecule has 5 nitrogen and oxygen atoms in total. The maximum absolute atomic E-state index is 12.0. The van der Waals surface area contributed by atoms with Crippen LogP contribution in [0.2, 0.25) is 0 Å². The number of β-amino-alcohol motifs (C(OH)–C–C–N with tert-alkyl or cyclic N) is 1. The second-order valence-electron chi connectivity index (χ2n) is 6.94. The van der Waals surface area contributed by atoms with E-state index in [9.17, 15) is 9.90 Å². The predicted molar refractivity (Wildman–Crippen MR) is 86.7 cm³/mol. The van der Waals surface area contributed by atoms with Crippen LogP contribution in [-0.4, -0.2) is 61.4 Å². The quantitative estimate of drug-likeness (QED) is 0.714. The fraction of sp³-hybridized carbons (Fsp3) is 0.941. The highest BCUT2D eigenvalue weighted by Crippen LogP contribution is 2.28. The Hall–Kier alpha value is -0.650. The molecule has 2 fully saturated rings. The Labute approximate surface area is 134 Å². The van der Waals surface area contributed by atoms with Crippen LogP contribution in [0.1, 0.15) is 51.4 Å². The Morgan fingerprint density at radius 2 is 1.95 bits per heavy atom. The molecule has 1 amide bonds.